The smallest absolute Gasteiger partial charge is 0.160 e. The third-order valence-electron chi connectivity index (χ3n) is 2.61. The number of ether oxygens (including phenoxy) is 2. The van der Waals surface area contributed by atoms with E-state index >= 15 is 0 Å². The first kappa shape index (κ1) is 8.84. The summed E-state index contributed by atoms with van der Waals surface area (Å²) in [6.45, 7) is 3.42. The number of hydrogen-bond acceptors (Lipinski definition) is 4. The highest BCUT2D eigenvalue weighted by Gasteiger charge is 2.45. The molecule has 0 aromatic rings. The summed E-state index contributed by atoms with van der Waals surface area (Å²) < 4.78 is 11.1. The van der Waals surface area contributed by atoms with Crippen LogP contribution >= 0.6 is 0 Å². The Morgan fingerprint density at radius 1 is 1.31 bits per heavy atom. The zero-order valence-electron chi connectivity index (χ0n) is 7.55. The van der Waals surface area contributed by atoms with Crippen LogP contribution in [0.2, 0.25) is 0 Å². The molecule has 0 spiro atoms. The number of aldehydes is 1. The summed E-state index contributed by atoms with van der Waals surface area (Å²) in [4.78, 5) is 14.2. The average Bonchev–Trinajstić information content (AvgIpc) is 2.67. The largest absolute Gasteiger partial charge is 0.373 e. The lowest BCUT2D eigenvalue weighted by Gasteiger charge is -2.11. The molecule has 4 unspecified atom stereocenters. The normalized spacial score (nSPS) is 44.1. The molecule has 4 heteroatoms. The Labute approximate surface area is 76.9 Å². The molecule has 0 bridgehead atoms. The molecular weight excluding hydrogens is 170 g/mol. The Hall–Kier alpha value is -0.740. The number of carbonyl (C=O) groups is 1. The molecule has 0 saturated carbocycles. The monoisotopic (exact) mass is 183 g/mol. The molecular formula is C9H13NO3. The topological polar surface area (TPSA) is 47.9 Å². The van der Waals surface area contributed by atoms with Crippen molar-refractivity contribution < 1.29 is 14.3 Å². The van der Waals surface area contributed by atoms with Gasteiger partial charge in [0.25, 0.3) is 0 Å². The molecule has 0 amide bonds. The fourth-order valence-corrected chi connectivity index (χ4v) is 1.94. The number of hydrogen-bond donors (Lipinski definition) is 0. The third kappa shape index (κ3) is 1.51. The lowest BCUT2D eigenvalue weighted by molar-refractivity contribution is -0.102. The summed E-state index contributed by atoms with van der Waals surface area (Å²) in [5.41, 5.74) is 0. The van der Waals surface area contributed by atoms with Crippen LogP contribution < -0.4 is 0 Å². The maximum absolute atomic E-state index is 10.1. The van der Waals surface area contributed by atoms with Crippen LogP contribution in [-0.2, 0) is 14.3 Å². The highest BCUT2D eigenvalue weighted by molar-refractivity contribution is 6.12. The van der Waals surface area contributed by atoms with Crippen molar-refractivity contribution in [1.82, 2.24) is 0 Å². The Morgan fingerprint density at radius 2 is 2.08 bits per heavy atom. The lowest BCUT2D eigenvalue weighted by Crippen LogP contribution is -2.27. The third-order valence-corrected chi connectivity index (χ3v) is 2.61. The van der Waals surface area contributed by atoms with Gasteiger partial charge < -0.3 is 9.47 Å². The highest BCUT2D eigenvalue weighted by atomic mass is 16.6. The van der Waals surface area contributed by atoms with Crippen molar-refractivity contribution in [2.75, 3.05) is 13.2 Å². The van der Waals surface area contributed by atoms with Gasteiger partial charge >= 0.3 is 0 Å². The summed E-state index contributed by atoms with van der Waals surface area (Å²) in [6.07, 6.45) is 2.20. The number of nitrogens with zero attached hydrogens (tertiary/aromatic N) is 1. The summed E-state index contributed by atoms with van der Waals surface area (Å²) in [6, 6.07) is 0.0140. The zero-order chi connectivity index (χ0) is 9.26. The minimum atomic E-state index is 0.0140. The van der Waals surface area contributed by atoms with E-state index in [1.54, 1.807) is 0 Å². The van der Waals surface area contributed by atoms with E-state index in [9.17, 15) is 4.79 Å². The number of aliphatic imine (C=N–C) groups is 1. The van der Waals surface area contributed by atoms with Crippen LogP contribution in [0.25, 0.3) is 0 Å². The van der Waals surface area contributed by atoms with E-state index in [2.05, 4.69) is 11.9 Å². The SMILES string of the molecule is CC1COC2C(N=CC=O)COC12. The van der Waals surface area contributed by atoms with Gasteiger partial charge in [-0.15, -0.1) is 0 Å². The van der Waals surface area contributed by atoms with E-state index in [1.165, 1.54) is 6.21 Å². The average molecular weight is 183 g/mol. The Morgan fingerprint density at radius 3 is 2.85 bits per heavy atom. The molecule has 2 saturated heterocycles. The first-order valence-corrected chi connectivity index (χ1v) is 4.53. The maximum Gasteiger partial charge on any atom is 0.160 e. The van der Waals surface area contributed by atoms with E-state index in [0.29, 0.717) is 18.8 Å². The molecule has 4 nitrogen and oxygen atoms in total. The van der Waals surface area contributed by atoms with Crippen molar-refractivity contribution in [3.63, 3.8) is 0 Å². The van der Waals surface area contributed by atoms with Crippen LogP contribution in [0.5, 0.6) is 0 Å². The number of carbonyl (C=O) groups excluding carboxylic acids is 1. The second-order valence-corrected chi connectivity index (χ2v) is 3.57. The van der Waals surface area contributed by atoms with Crippen LogP contribution in [0.3, 0.4) is 0 Å². The summed E-state index contributed by atoms with van der Waals surface area (Å²) in [5.74, 6) is 0.446. The molecule has 2 aliphatic heterocycles. The molecule has 2 aliphatic rings. The molecule has 2 heterocycles. The molecule has 2 fully saturated rings. The van der Waals surface area contributed by atoms with E-state index in [0.717, 1.165) is 6.61 Å². The fourth-order valence-electron chi connectivity index (χ4n) is 1.94. The van der Waals surface area contributed by atoms with Crippen LogP contribution in [0.15, 0.2) is 4.99 Å². The van der Waals surface area contributed by atoms with Crippen molar-refractivity contribution in [3.8, 4) is 0 Å². The van der Waals surface area contributed by atoms with Gasteiger partial charge in [0.1, 0.15) is 12.1 Å². The van der Waals surface area contributed by atoms with Crippen LogP contribution in [0.4, 0.5) is 0 Å². The molecule has 2 rings (SSSR count). The van der Waals surface area contributed by atoms with Crippen LogP contribution in [-0.4, -0.2) is 44.0 Å². The van der Waals surface area contributed by atoms with E-state index in [4.69, 9.17) is 9.47 Å². The lowest BCUT2D eigenvalue weighted by atomic mass is 10.0. The summed E-state index contributed by atoms with van der Waals surface area (Å²) >= 11 is 0. The van der Waals surface area contributed by atoms with Gasteiger partial charge in [0.15, 0.2) is 6.29 Å². The molecule has 0 radical (unpaired) electrons. The van der Waals surface area contributed by atoms with E-state index < -0.39 is 0 Å². The first-order chi connectivity index (χ1) is 6.33. The van der Waals surface area contributed by atoms with Gasteiger partial charge in [-0.2, -0.15) is 0 Å². The molecule has 0 N–H and O–H groups in total. The molecule has 72 valence electrons. The van der Waals surface area contributed by atoms with Gasteiger partial charge in [-0.25, -0.2) is 0 Å². The number of fused-ring (bicyclic) bond motifs is 1. The Kier molecular flexibility index (Phi) is 2.42. The van der Waals surface area contributed by atoms with Gasteiger partial charge in [0.05, 0.1) is 25.5 Å². The second kappa shape index (κ2) is 3.55. The van der Waals surface area contributed by atoms with Gasteiger partial charge in [0.2, 0.25) is 0 Å². The minimum absolute atomic E-state index is 0.0140. The molecule has 0 aromatic carbocycles. The van der Waals surface area contributed by atoms with Gasteiger partial charge in [-0.05, 0) is 0 Å². The second-order valence-electron chi connectivity index (χ2n) is 3.57. The van der Waals surface area contributed by atoms with Crippen LogP contribution in [0, 0.1) is 5.92 Å². The quantitative estimate of drug-likeness (QED) is 0.449. The predicted molar refractivity (Wildman–Crippen MR) is 47.0 cm³/mol. The molecule has 13 heavy (non-hydrogen) atoms. The van der Waals surface area contributed by atoms with E-state index in [-0.39, 0.29) is 18.2 Å². The summed E-state index contributed by atoms with van der Waals surface area (Å²) in [7, 11) is 0. The van der Waals surface area contributed by atoms with Crippen LogP contribution in [0.1, 0.15) is 6.92 Å². The van der Waals surface area contributed by atoms with Crippen molar-refractivity contribution in [1.29, 1.82) is 0 Å². The minimum Gasteiger partial charge on any atom is -0.373 e. The van der Waals surface area contributed by atoms with Crippen molar-refractivity contribution in [2.45, 2.75) is 25.2 Å². The highest BCUT2D eigenvalue weighted by Crippen LogP contribution is 2.31. The fraction of sp³-hybridized carbons (Fsp3) is 0.778. The van der Waals surface area contributed by atoms with Gasteiger partial charge in [-0.1, -0.05) is 6.92 Å². The Balaban J connectivity index is 2.02. The maximum atomic E-state index is 10.1. The van der Waals surface area contributed by atoms with E-state index in [1.807, 2.05) is 0 Å². The summed E-state index contributed by atoms with van der Waals surface area (Å²) in [5, 5.41) is 0. The number of rotatable bonds is 2. The van der Waals surface area contributed by atoms with Crippen molar-refractivity contribution in [2.24, 2.45) is 10.9 Å². The Bertz CT molecular complexity index is 229. The zero-order valence-corrected chi connectivity index (χ0v) is 7.55. The molecule has 0 aliphatic carbocycles. The van der Waals surface area contributed by atoms with Gasteiger partial charge in [0, 0.05) is 5.92 Å². The standard InChI is InChI=1S/C9H13NO3/c1-6-4-12-9-7(10-2-3-11)5-13-8(6)9/h2-3,6-9H,4-5H2,1H3. The van der Waals surface area contributed by atoms with Crippen molar-refractivity contribution in [3.05, 3.63) is 0 Å². The predicted octanol–water partition coefficient (Wildman–Crippen LogP) is 0.0584. The molecule has 0 aromatic heterocycles. The first-order valence-electron chi connectivity index (χ1n) is 4.53. The van der Waals surface area contributed by atoms with Crippen molar-refractivity contribution >= 4 is 12.5 Å². The van der Waals surface area contributed by atoms with Gasteiger partial charge in [-0.3, -0.25) is 9.79 Å². The molecule has 4 atom stereocenters.